The van der Waals surface area contributed by atoms with E-state index in [9.17, 15) is 9.59 Å². The number of amides is 2. The Bertz CT molecular complexity index is 299. The smallest absolute Gasteiger partial charge is 0.315 e. The number of hydrogen-bond acceptors (Lipinski definition) is 2. The van der Waals surface area contributed by atoms with Crippen LogP contribution in [-0.4, -0.2) is 29.7 Å². The van der Waals surface area contributed by atoms with Crippen molar-refractivity contribution >= 4 is 12.0 Å². The van der Waals surface area contributed by atoms with Gasteiger partial charge >= 0.3 is 12.0 Å². The molecule has 0 aliphatic heterocycles. The number of carbonyl (C=O) groups excluding carboxylic acids is 1. The standard InChI is InChI=1S/C13H22N2O3/c16-11(17)3-1-2-8-14-13(18)15-12(9-4-5-9)10-6-7-10/h9-10,12H,1-8H2,(H,16,17)(H2,14,15,18). The SMILES string of the molecule is O=C(O)CCCCNC(=O)NC(C1CC1)C1CC1. The van der Waals surface area contributed by atoms with Crippen molar-refractivity contribution in [3.63, 3.8) is 0 Å². The Morgan fingerprint density at radius 1 is 1.11 bits per heavy atom. The predicted octanol–water partition coefficient (Wildman–Crippen LogP) is 1.73. The molecule has 0 heterocycles. The topological polar surface area (TPSA) is 78.4 Å². The lowest BCUT2D eigenvalue weighted by molar-refractivity contribution is -0.137. The Balaban J connectivity index is 1.55. The third-order valence-corrected chi connectivity index (χ3v) is 3.66. The van der Waals surface area contributed by atoms with Crippen molar-refractivity contribution in [1.82, 2.24) is 10.6 Å². The second-order valence-corrected chi connectivity index (χ2v) is 5.45. The number of carbonyl (C=O) groups is 2. The highest BCUT2D eigenvalue weighted by Crippen LogP contribution is 2.44. The lowest BCUT2D eigenvalue weighted by Gasteiger charge is -2.18. The van der Waals surface area contributed by atoms with Crippen LogP contribution in [0.3, 0.4) is 0 Å². The first-order valence-corrected chi connectivity index (χ1v) is 6.93. The van der Waals surface area contributed by atoms with E-state index in [1.165, 1.54) is 25.7 Å². The summed E-state index contributed by atoms with van der Waals surface area (Å²) >= 11 is 0. The maximum Gasteiger partial charge on any atom is 0.315 e. The second-order valence-electron chi connectivity index (χ2n) is 5.45. The van der Waals surface area contributed by atoms with Gasteiger partial charge in [0, 0.05) is 19.0 Å². The lowest BCUT2D eigenvalue weighted by Crippen LogP contribution is -2.44. The normalized spacial score (nSPS) is 18.7. The van der Waals surface area contributed by atoms with Crippen molar-refractivity contribution in [3.8, 4) is 0 Å². The summed E-state index contributed by atoms with van der Waals surface area (Å²) < 4.78 is 0. The van der Waals surface area contributed by atoms with Crippen LogP contribution < -0.4 is 10.6 Å². The molecule has 0 aromatic carbocycles. The van der Waals surface area contributed by atoms with Crippen LogP contribution in [-0.2, 0) is 4.79 Å². The molecule has 2 aliphatic carbocycles. The zero-order valence-corrected chi connectivity index (χ0v) is 10.7. The largest absolute Gasteiger partial charge is 0.481 e. The van der Waals surface area contributed by atoms with E-state index < -0.39 is 5.97 Å². The minimum atomic E-state index is -0.776. The van der Waals surface area contributed by atoms with E-state index in [0.29, 0.717) is 30.8 Å². The van der Waals surface area contributed by atoms with Gasteiger partial charge in [0.1, 0.15) is 0 Å². The fourth-order valence-electron chi connectivity index (χ4n) is 2.34. The molecule has 0 unspecified atom stereocenters. The zero-order chi connectivity index (χ0) is 13.0. The molecule has 2 amide bonds. The summed E-state index contributed by atoms with van der Waals surface area (Å²) in [7, 11) is 0. The van der Waals surface area contributed by atoms with Gasteiger partial charge in [-0.25, -0.2) is 4.79 Å². The maximum atomic E-state index is 11.7. The molecule has 18 heavy (non-hydrogen) atoms. The van der Waals surface area contributed by atoms with Gasteiger partial charge in [-0.05, 0) is 50.4 Å². The van der Waals surface area contributed by atoms with E-state index in [1.54, 1.807) is 0 Å². The third kappa shape index (κ3) is 4.55. The summed E-state index contributed by atoms with van der Waals surface area (Å²) in [6.45, 7) is 0.557. The number of nitrogens with one attached hydrogen (secondary N) is 2. The number of urea groups is 1. The number of rotatable bonds is 8. The second kappa shape index (κ2) is 6.07. The zero-order valence-electron chi connectivity index (χ0n) is 10.7. The van der Waals surface area contributed by atoms with Gasteiger partial charge in [-0.3, -0.25) is 4.79 Å². The molecular formula is C13H22N2O3. The number of unbranched alkanes of at least 4 members (excludes halogenated alkanes) is 1. The van der Waals surface area contributed by atoms with E-state index in [4.69, 9.17) is 5.11 Å². The van der Waals surface area contributed by atoms with Crippen LogP contribution >= 0.6 is 0 Å². The number of aliphatic carboxylic acids is 1. The van der Waals surface area contributed by atoms with E-state index in [1.807, 2.05) is 0 Å². The van der Waals surface area contributed by atoms with Gasteiger partial charge < -0.3 is 15.7 Å². The van der Waals surface area contributed by atoms with Gasteiger partial charge in [0.2, 0.25) is 0 Å². The summed E-state index contributed by atoms with van der Waals surface area (Å²) in [6, 6.07) is 0.290. The average Bonchev–Trinajstić information content (AvgIpc) is 3.15. The summed E-state index contributed by atoms with van der Waals surface area (Å²) in [5.41, 5.74) is 0. The molecule has 5 nitrogen and oxygen atoms in total. The van der Waals surface area contributed by atoms with Crippen LogP contribution in [0.5, 0.6) is 0 Å². The van der Waals surface area contributed by atoms with Crippen molar-refractivity contribution in [2.24, 2.45) is 11.8 Å². The Kier molecular flexibility index (Phi) is 4.44. The highest BCUT2D eigenvalue weighted by atomic mass is 16.4. The van der Waals surface area contributed by atoms with Crippen LogP contribution in [0.25, 0.3) is 0 Å². The highest BCUT2D eigenvalue weighted by molar-refractivity contribution is 5.74. The Hall–Kier alpha value is -1.26. The van der Waals surface area contributed by atoms with Crippen LogP contribution in [0.15, 0.2) is 0 Å². The Morgan fingerprint density at radius 3 is 2.22 bits per heavy atom. The van der Waals surface area contributed by atoms with Crippen molar-refractivity contribution in [3.05, 3.63) is 0 Å². The van der Waals surface area contributed by atoms with Gasteiger partial charge in [0.05, 0.1) is 0 Å². The number of carboxylic acids is 1. The molecule has 2 rings (SSSR count). The first kappa shape index (κ1) is 13.2. The average molecular weight is 254 g/mol. The molecule has 5 heteroatoms. The van der Waals surface area contributed by atoms with Crippen molar-refractivity contribution in [2.75, 3.05) is 6.54 Å². The molecule has 0 aromatic rings. The quantitative estimate of drug-likeness (QED) is 0.577. The van der Waals surface area contributed by atoms with Gasteiger partial charge in [0.15, 0.2) is 0 Å². The molecule has 102 valence electrons. The lowest BCUT2D eigenvalue weighted by atomic mass is 10.1. The van der Waals surface area contributed by atoms with Crippen molar-refractivity contribution in [1.29, 1.82) is 0 Å². The predicted molar refractivity (Wildman–Crippen MR) is 67.3 cm³/mol. The van der Waals surface area contributed by atoms with E-state index in [-0.39, 0.29) is 12.5 Å². The molecule has 0 aromatic heterocycles. The van der Waals surface area contributed by atoms with E-state index in [2.05, 4.69) is 10.6 Å². The molecule has 0 saturated heterocycles. The fourth-order valence-corrected chi connectivity index (χ4v) is 2.34. The molecule has 2 fully saturated rings. The van der Waals surface area contributed by atoms with E-state index >= 15 is 0 Å². The molecule has 3 N–H and O–H groups in total. The molecule has 0 spiro atoms. The monoisotopic (exact) mass is 254 g/mol. The first-order chi connectivity index (χ1) is 8.66. The molecule has 0 bridgehead atoms. The van der Waals surface area contributed by atoms with Crippen LogP contribution in [0.2, 0.25) is 0 Å². The molecule has 0 atom stereocenters. The number of hydrogen-bond donors (Lipinski definition) is 3. The van der Waals surface area contributed by atoms with Gasteiger partial charge in [0.25, 0.3) is 0 Å². The van der Waals surface area contributed by atoms with E-state index in [0.717, 1.165) is 6.42 Å². The molecule has 0 radical (unpaired) electrons. The molecular weight excluding hydrogens is 232 g/mol. The minimum absolute atomic E-state index is 0.0888. The summed E-state index contributed by atoms with van der Waals surface area (Å²) in [5, 5.41) is 14.4. The summed E-state index contributed by atoms with van der Waals surface area (Å²) in [4.78, 5) is 22.0. The maximum absolute atomic E-state index is 11.7. The van der Waals surface area contributed by atoms with Gasteiger partial charge in [-0.1, -0.05) is 0 Å². The first-order valence-electron chi connectivity index (χ1n) is 6.93. The van der Waals surface area contributed by atoms with Crippen LogP contribution in [0, 0.1) is 11.8 Å². The Labute approximate surface area is 107 Å². The van der Waals surface area contributed by atoms with Crippen molar-refractivity contribution in [2.45, 2.75) is 51.0 Å². The van der Waals surface area contributed by atoms with Gasteiger partial charge in [-0.2, -0.15) is 0 Å². The summed E-state index contributed by atoms with van der Waals surface area (Å²) in [5.74, 6) is 0.632. The van der Waals surface area contributed by atoms with Crippen molar-refractivity contribution < 1.29 is 14.7 Å². The molecule has 2 aliphatic rings. The minimum Gasteiger partial charge on any atom is -0.481 e. The fraction of sp³-hybridized carbons (Fsp3) is 0.846. The number of carboxylic acid groups (broad SMARTS) is 1. The molecule has 2 saturated carbocycles. The Morgan fingerprint density at radius 2 is 1.72 bits per heavy atom. The summed E-state index contributed by atoms with van der Waals surface area (Å²) in [6.07, 6.45) is 6.51. The third-order valence-electron chi connectivity index (χ3n) is 3.66. The van der Waals surface area contributed by atoms with Gasteiger partial charge in [-0.15, -0.1) is 0 Å². The highest BCUT2D eigenvalue weighted by Gasteiger charge is 2.42. The van der Waals surface area contributed by atoms with Crippen LogP contribution in [0.1, 0.15) is 44.9 Å². The van der Waals surface area contributed by atoms with Crippen LogP contribution in [0.4, 0.5) is 4.79 Å².